The molecule has 2 N–H and O–H groups in total. The average Bonchev–Trinajstić information content (AvgIpc) is 3.37. The monoisotopic (exact) mass is 296 g/mol. The van der Waals surface area contributed by atoms with E-state index in [1.54, 1.807) is 12.1 Å². The van der Waals surface area contributed by atoms with E-state index < -0.39 is 0 Å². The van der Waals surface area contributed by atoms with Crippen LogP contribution in [0, 0.1) is 0 Å². The van der Waals surface area contributed by atoms with Gasteiger partial charge in [0.1, 0.15) is 5.82 Å². The highest BCUT2D eigenvalue weighted by atomic mass is 16.2. The van der Waals surface area contributed by atoms with E-state index in [-0.39, 0.29) is 5.91 Å². The number of nitrogens with one attached hydrogen (secondary N) is 2. The third kappa shape index (κ3) is 4.28. The van der Waals surface area contributed by atoms with Crippen molar-refractivity contribution in [2.75, 3.05) is 11.9 Å². The predicted molar refractivity (Wildman–Crippen MR) is 85.8 cm³/mol. The Balaban J connectivity index is 1.41. The third-order valence-corrected chi connectivity index (χ3v) is 3.60. The summed E-state index contributed by atoms with van der Waals surface area (Å²) in [6, 6.07) is 14.3. The van der Waals surface area contributed by atoms with Gasteiger partial charge in [-0.25, -0.2) is 0 Å². The lowest BCUT2D eigenvalue weighted by Gasteiger charge is -2.06. The summed E-state index contributed by atoms with van der Waals surface area (Å²) in [5.41, 5.74) is 1.71. The van der Waals surface area contributed by atoms with Crippen molar-refractivity contribution < 1.29 is 4.79 Å². The molecule has 2 aromatic rings. The summed E-state index contributed by atoms with van der Waals surface area (Å²) in [4.78, 5) is 11.8. The zero-order chi connectivity index (χ0) is 15.2. The summed E-state index contributed by atoms with van der Waals surface area (Å²) < 4.78 is 0. The Hall–Kier alpha value is -2.43. The summed E-state index contributed by atoms with van der Waals surface area (Å²) in [6.07, 6.45) is 4.19. The minimum Gasteiger partial charge on any atom is -0.369 e. The summed E-state index contributed by atoms with van der Waals surface area (Å²) in [6.45, 7) is 0.831. The van der Waals surface area contributed by atoms with Gasteiger partial charge in [-0.05, 0) is 43.4 Å². The molecule has 1 saturated carbocycles. The zero-order valence-corrected chi connectivity index (χ0v) is 12.5. The molecular weight excluding hydrogens is 276 g/mol. The Morgan fingerprint density at radius 1 is 1.09 bits per heavy atom. The summed E-state index contributed by atoms with van der Waals surface area (Å²) in [5, 5.41) is 14.1. The molecule has 1 aliphatic rings. The normalized spacial score (nSPS) is 13.6. The van der Waals surface area contributed by atoms with Crippen LogP contribution in [0.15, 0.2) is 42.5 Å². The van der Waals surface area contributed by atoms with Crippen LogP contribution < -0.4 is 10.6 Å². The molecule has 0 spiro atoms. The number of hydrogen-bond donors (Lipinski definition) is 2. The second-order valence-corrected chi connectivity index (χ2v) is 5.57. The van der Waals surface area contributed by atoms with Crippen molar-refractivity contribution in [2.24, 2.45) is 0 Å². The molecule has 0 atom stereocenters. The van der Waals surface area contributed by atoms with Gasteiger partial charge in [0.25, 0.3) is 5.91 Å². The van der Waals surface area contributed by atoms with Crippen molar-refractivity contribution in [1.82, 2.24) is 15.5 Å². The van der Waals surface area contributed by atoms with Gasteiger partial charge in [-0.1, -0.05) is 30.3 Å². The second kappa shape index (κ2) is 7.02. The highest BCUT2D eigenvalue weighted by Crippen LogP contribution is 2.19. The molecule has 0 radical (unpaired) electrons. The number of carbonyl (C=O) groups is 1. The Morgan fingerprint density at radius 3 is 2.59 bits per heavy atom. The van der Waals surface area contributed by atoms with E-state index in [2.05, 4.69) is 45.1 Å². The molecule has 1 aliphatic carbocycles. The van der Waals surface area contributed by atoms with Gasteiger partial charge in [0, 0.05) is 12.6 Å². The lowest BCUT2D eigenvalue weighted by Crippen LogP contribution is -2.26. The molecule has 22 heavy (non-hydrogen) atoms. The maximum Gasteiger partial charge on any atom is 0.272 e. The highest BCUT2D eigenvalue weighted by molar-refractivity contribution is 5.92. The van der Waals surface area contributed by atoms with Crippen molar-refractivity contribution in [3.05, 3.63) is 53.7 Å². The van der Waals surface area contributed by atoms with Gasteiger partial charge in [-0.2, -0.15) is 0 Å². The molecule has 0 unspecified atom stereocenters. The van der Waals surface area contributed by atoms with Crippen molar-refractivity contribution in [1.29, 1.82) is 0 Å². The summed E-state index contributed by atoms with van der Waals surface area (Å²) in [5.74, 6) is 0.571. The van der Waals surface area contributed by atoms with E-state index in [4.69, 9.17) is 0 Å². The van der Waals surface area contributed by atoms with Crippen LogP contribution in [-0.4, -0.2) is 28.7 Å². The molecule has 1 aromatic heterocycles. The SMILES string of the molecule is O=C(NC1CC1)c1ccc(NCCCc2ccccc2)nn1. The van der Waals surface area contributed by atoms with Crippen LogP contribution in [0.25, 0.3) is 0 Å². The Labute approximate surface area is 130 Å². The molecular formula is C17H20N4O. The fraction of sp³-hybridized carbons (Fsp3) is 0.353. The number of amides is 1. The fourth-order valence-electron chi connectivity index (χ4n) is 2.19. The van der Waals surface area contributed by atoms with E-state index in [0.717, 1.165) is 32.2 Å². The standard InChI is InChI=1S/C17H20N4O/c22-17(19-14-8-9-14)15-10-11-16(21-20-15)18-12-4-7-13-5-2-1-3-6-13/h1-3,5-6,10-11,14H,4,7-9,12H2,(H,18,21)(H,19,22). The largest absolute Gasteiger partial charge is 0.369 e. The average molecular weight is 296 g/mol. The van der Waals surface area contributed by atoms with E-state index in [1.807, 2.05) is 6.07 Å². The van der Waals surface area contributed by atoms with Gasteiger partial charge in [0.15, 0.2) is 5.69 Å². The van der Waals surface area contributed by atoms with Crippen LogP contribution >= 0.6 is 0 Å². The molecule has 0 saturated heterocycles. The highest BCUT2D eigenvalue weighted by Gasteiger charge is 2.24. The molecule has 5 nitrogen and oxygen atoms in total. The lowest BCUT2D eigenvalue weighted by molar-refractivity contribution is 0.0945. The number of hydrogen-bond acceptors (Lipinski definition) is 4. The van der Waals surface area contributed by atoms with E-state index in [9.17, 15) is 4.79 Å². The van der Waals surface area contributed by atoms with Gasteiger partial charge in [-0.3, -0.25) is 4.79 Å². The topological polar surface area (TPSA) is 66.9 Å². The molecule has 114 valence electrons. The number of carbonyl (C=O) groups excluding carboxylic acids is 1. The number of benzene rings is 1. The molecule has 1 amide bonds. The molecule has 1 fully saturated rings. The number of nitrogens with zero attached hydrogens (tertiary/aromatic N) is 2. The van der Waals surface area contributed by atoms with E-state index in [1.165, 1.54) is 5.56 Å². The Kier molecular flexibility index (Phi) is 4.63. The van der Waals surface area contributed by atoms with Crippen LogP contribution in [0.2, 0.25) is 0 Å². The van der Waals surface area contributed by atoms with Gasteiger partial charge in [0.05, 0.1) is 0 Å². The van der Waals surface area contributed by atoms with Crippen LogP contribution in [0.1, 0.15) is 35.3 Å². The maximum absolute atomic E-state index is 11.8. The number of rotatable bonds is 7. The third-order valence-electron chi connectivity index (χ3n) is 3.60. The Bertz CT molecular complexity index is 608. The quantitative estimate of drug-likeness (QED) is 0.770. The lowest BCUT2D eigenvalue weighted by atomic mass is 10.1. The second-order valence-electron chi connectivity index (χ2n) is 5.57. The van der Waals surface area contributed by atoms with Gasteiger partial charge in [-0.15, -0.1) is 10.2 Å². The van der Waals surface area contributed by atoms with Crippen molar-refractivity contribution in [3.63, 3.8) is 0 Å². The van der Waals surface area contributed by atoms with E-state index in [0.29, 0.717) is 17.6 Å². The predicted octanol–water partition coefficient (Wildman–Crippen LogP) is 2.41. The number of anilines is 1. The first kappa shape index (κ1) is 14.5. The Morgan fingerprint density at radius 2 is 1.91 bits per heavy atom. The van der Waals surface area contributed by atoms with E-state index >= 15 is 0 Å². The first-order valence-electron chi connectivity index (χ1n) is 7.73. The van der Waals surface area contributed by atoms with Crippen molar-refractivity contribution in [3.8, 4) is 0 Å². The fourth-order valence-corrected chi connectivity index (χ4v) is 2.19. The molecule has 1 aromatic carbocycles. The zero-order valence-electron chi connectivity index (χ0n) is 12.5. The van der Waals surface area contributed by atoms with Crippen LogP contribution in [0.5, 0.6) is 0 Å². The van der Waals surface area contributed by atoms with Crippen LogP contribution in [0.3, 0.4) is 0 Å². The van der Waals surface area contributed by atoms with Crippen LogP contribution in [0.4, 0.5) is 5.82 Å². The minimum atomic E-state index is -0.134. The summed E-state index contributed by atoms with van der Waals surface area (Å²) >= 11 is 0. The number of aromatic nitrogens is 2. The molecule has 1 heterocycles. The smallest absolute Gasteiger partial charge is 0.272 e. The maximum atomic E-state index is 11.8. The molecule has 5 heteroatoms. The first-order chi connectivity index (χ1) is 10.8. The minimum absolute atomic E-state index is 0.134. The van der Waals surface area contributed by atoms with Crippen molar-refractivity contribution in [2.45, 2.75) is 31.7 Å². The molecule has 0 bridgehead atoms. The van der Waals surface area contributed by atoms with Crippen molar-refractivity contribution >= 4 is 11.7 Å². The van der Waals surface area contributed by atoms with Gasteiger partial charge in [0.2, 0.25) is 0 Å². The molecule has 3 rings (SSSR count). The van der Waals surface area contributed by atoms with Gasteiger partial charge >= 0.3 is 0 Å². The number of aryl methyl sites for hydroxylation is 1. The first-order valence-corrected chi connectivity index (χ1v) is 7.73. The van der Waals surface area contributed by atoms with Gasteiger partial charge < -0.3 is 10.6 Å². The van der Waals surface area contributed by atoms with Crippen LogP contribution in [-0.2, 0) is 6.42 Å². The molecule has 0 aliphatic heterocycles. The summed E-state index contributed by atoms with van der Waals surface area (Å²) in [7, 11) is 0.